The number of carboxylic acids is 2. The smallest absolute Gasteiger partial charge is 0.491 e. The lowest BCUT2D eigenvalue weighted by molar-refractivity contribution is -0.135. The quantitative estimate of drug-likeness (QED) is 0.0179. The molecule has 0 aliphatic carbocycles. The minimum atomic E-state index is -5.67. The average Bonchev–Trinajstić information content (AvgIpc) is 0.837. The molecule has 19 N–H and O–H groups in total. The zero-order valence-electron chi connectivity index (χ0n) is 71.8. The van der Waals surface area contributed by atoms with Gasteiger partial charge in [0.05, 0.1) is 30.7 Å². The zero-order chi connectivity index (χ0) is 91.1. The number of aliphatic carboxylic acids is 2. The maximum absolute atomic E-state index is 12.4. The van der Waals surface area contributed by atoms with Crippen LogP contribution in [0.1, 0.15) is 155 Å². The first-order valence-electron chi connectivity index (χ1n) is 36.2. The third-order valence-corrected chi connectivity index (χ3v) is 14.1. The number of amidine groups is 1. The Kier molecular flexibility index (Phi) is 53.6. The van der Waals surface area contributed by atoms with Crippen LogP contribution in [0.4, 0.5) is 27.6 Å². The number of alkyl halides is 3. The summed E-state index contributed by atoms with van der Waals surface area (Å²) in [7, 11) is -5.67. The highest BCUT2D eigenvalue weighted by atomic mass is 35.5. The van der Waals surface area contributed by atoms with E-state index in [0.717, 1.165) is 88.3 Å². The molecule has 4 rings (SSSR count). The van der Waals surface area contributed by atoms with Crippen LogP contribution in [0.2, 0.25) is 0 Å². The Hall–Kier alpha value is -11.4. The molecule has 0 aliphatic rings. The molecule has 4 aromatic carbocycles. The molecule has 4 atom stereocenters. The van der Waals surface area contributed by atoms with E-state index >= 15 is 0 Å². The lowest BCUT2D eigenvalue weighted by atomic mass is 10.1. The zero-order valence-corrected chi connectivity index (χ0v) is 73.4. The van der Waals surface area contributed by atoms with Gasteiger partial charge in [-0.1, -0.05) is 72.8 Å². The molecule has 0 aliphatic heterocycles. The summed E-state index contributed by atoms with van der Waals surface area (Å²) in [4.78, 5) is 111. The minimum absolute atomic E-state index is 0. The molecule has 666 valence electrons. The summed E-state index contributed by atoms with van der Waals surface area (Å²) in [5.41, 5.74) is 26.5. The summed E-state index contributed by atoms with van der Waals surface area (Å²) in [6.45, 7) is 42.1. The number of nitrogens with two attached hydrogens (primary N) is 5. The number of rotatable bonds is 24. The van der Waals surface area contributed by atoms with E-state index in [0.29, 0.717) is 19.8 Å². The number of para-hydroxylation sites is 4. The van der Waals surface area contributed by atoms with Crippen molar-refractivity contribution in [3.8, 4) is 23.0 Å². The van der Waals surface area contributed by atoms with E-state index in [9.17, 15) is 55.2 Å². The summed E-state index contributed by atoms with van der Waals surface area (Å²) >= 11 is 0. The number of nitrogens with zero attached hydrogens (tertiary/aromatic N) is 4. The largest absolute Gasteiger partial charge is 0.518 e. The van der Waals surface area contributed by atoms with Gasteiger partial charge in [0, 0.05) is 13.8 Å². The average molecular weight is 1720 g/mol. The molecule has 0 spiro atoms. The number of benzene rings is 4. The molecule has 0 bridgehead atoms. The third kappa shape index (κ3) is 58.4. The van der Waals surface area contributed by atoms with Gasteiger partial charge in [-0.2, -0.15) is 21.6 Å². The summed E-state index contributed by atoms with van der Waals surface area (Å²) in [6.07, 6.45) is -2.77. The Morgan fingerprint density at radius 1 is 0.415 bits per heavy atom. The van der Waals surface area contributed by atoms with Gasteiger partial charge in [0.2, 0.25) is 29.6 Å². The predicted molar refractivity (Wildman–Crippen MR) is 449 cm³/mol. The fourth-order valence-corrected chi connectivity index (χ4v) is 9.01. The minimum Gasteiger partial charge on any atom is -0.491 e. The van der Waals surface area contributed by atoms with Gasteiger partial charge >= 0.3 is 33.8 Å². The van der Waals surface area contributed by atoms with E-state index in [1.807, 2.05) is 149 Å². The van der Waals surface area contributed by atoms with Gasteiger partial charge in [0.15, 0.2) is 11.9 Å². The first-order chi connectivity index (χ1) is 53.6. The molecule has 0 aromatic heterocycles. The lowest BCUT2D eigenvalue weighted by Gasteiger charge is -2.22. The van der Waals surface area contributed by atoms with Crippen molar-refractivity contribution in [2.24, 2.45) is 48.0 Å². The van der Waals surface area contributed by atoms with E-state index in [1.54, 1.807) is 53.8 Å². The van der Waals surface area contributed by atoms with E-state index in [-0.39, 0.29) is 105 Å². The Bertz CT molecular complexity index is 3880. The second-order valence-corrected chi connectivity index (χ2v) is 30.5. The predicted octanol–water partition coefficient (Wildman–Crippen LogP) is 8.04. The number of carbonyl (C=O) groups excluding carboxylic acids is 7. The summed E-state index contributed by atoms with van der Waals surface area (Å²) in [6, 6.07) is 23.2. The summed E-state index contributed by atoms with van der Waals surface area (Å²) in [5.74, 6) is -0.537. The van der Waals surface area contributed by atoms with Crippen molar-refractivity contribution in [2.45, 2.75) is 213 Å². The fourth-order valence-electron chi connectivity index (χ4n) is 8.50. The van der Waals surface area contributed by atoms with E-state index in [4.69, 9.17) is 81.6 Å². The number of amides is 7. The molecule has 0 saturated heterocycles. The van der Waals surface area contributed by atoms with Crippen LogP contribution in [0.5, 0.6) is 23.0 Å². The molecule has 41 heteroatoms. The number of halogens is 4. The summed E-state index contributed by atoms with van der Waals surface area (Å²) in [5, 5.41) is 32.3. The maximum Gasteiger partial charge on any atom is 0.518 e. The topological polar surface area (TPSA) is 557 Å². The van der Waals surface area contributed by atoms with Gasteiger partial charge in [-0.3, -0.25) is 44.7 Å². The van der Waals surface area contributed by atoms with Crippen LogP contribution in [-0.4, -0.2) is 195 Å². The number of carboxylic acid groups (broad SMARTS) is 2. The van der Waals surface area contributed by atoms with Gasteiger partial charge in [0.25, 0.3) is 11.9 Å². The van der Waals surface area contributed by atoms with Gasteiger partial charge in [-0.15, -0.1) is 16.8 Å². The molecule has 0 radical (unpaired) electrons. The number of aliphatic imine (C=N–C) groups is 3. The maximum atomic E-state index is 12.4. The third-order valence-electron chi connectivity index (χ3n) is 13.0. The summed E-state index contributed by atoms with van der Waals surface area (Å²) < 4.78 is 97.7. The molecule has 4 unspecified atom stereocenters. The molecular weight excluding hydrogens is 1590 g/mol. The molecular formula is C77H124ClF3N16O20S. The van der Waals surface area contributed by atoms with Crippen molar-refractivity contribution in [1.82, 2.24) is 37.2 Å². The van der Waals surface area contributed by atoms with Crippen molar-refractivity contribution >= 4 is 100.0 Å². The van der Waals surface area contributed by atoms with Gasteiger partial charge < -0.3 is 93.3 Å². The highest BCUT2D eigenvalue weighted by molar-refractivity contribution is 7.91. The van der Waals surface area contributed by atoms with Crippen LogP contribution in [0.25, 0.3) is 0 Å². The molecule has 0 saturated carbocycles. The SMILES string of the molecule is CC(=NS(=O)(=O)C(F)(F)F)NC(=O)OC(C)(C)C.CC(=O)O.CC(=O)O.Cc1cccc(C)c1OCC(C)NC(=O)CN.Cc1cccc(C)c1OCC(C)NC(=O)CN=C(N)N.Cc1cccc(C)c1OCC(C)NC(=O)CN=C(N)N.Cc1cccc(C)c1OCC(C)NC(=O)CN=C(NC(=O)OC(C)(C)C)NC(=O)OC(C)(C)C.Cl. The van der Waals surface area contributed by atoms with E-state index < -0.39 is 74.3 Å². The number of carbonyl (C=O) groups is 9. The number of hydrogen-bond acceptors (Lipinski definition) is 22. The van der Waals surface area contributed by atoms with Crippen molar-refractivity contribution in [1.29, 1.82) is 0 Å². The fraction of sp³-hybridized carbons (Fsp3) is 0.519. The van der Waals surface area contributed by atoms with Crippen LogP contribution < -0.4 is 84.8 Å². The second-order valence-electron chi connectivity index (χ2n) is 28.9. The number of alkyl carbamates (subject to hydrolysis) is 3. The molecule has 0 fully saturated rings. The van der Waals surface area contributed by atoms with Crippen LogP contribution in [0.3, 0.4) is 0 Å². The Morgan fingerprint density at radius 2 is 0.627 bits per heavy atom. The molecule has 118 heavy (non-hydrogen) atoms. The number of guanidine groups is 3. The number of sulfonamides is 1. The first-order valence-corrected chi connectivity index (χ1v) is 37.6. The number of aryl methyl sites for hydroxylation is 8. The van der Waals surface area contributed by atoms with Gasteiger partial charge in [-0.05, 0) is 197 Å². The molecule has 0 heterocycles. The van der Waals surface area contributed by atoms with Gasteiger partial charge in [-0.25, -0.2) is 29.4 Å². The second kappa shape index (κ2) is 56.0. The number of hydrogen-bond donors (Lipinski definition) is 14. The Morgan fingerprint density at radius 3 is 0.831 bits per heavy atom. The van der Waals surface area contributed by atoms with Crippen molar-refractivity contribution in [3.63, 3.8) is 0 Å². The van der Waals surface area contributed by atoms with Crippen LogP contribution in [0.15, 0.2) is 92.2 Å². The standard InChI is InChI=1S/C24H38N4O6.2C14H22N4O2.C13H20N2O2.C8H13F3N2O4S.2C2H4O2.ClH/c1-15-11-10-12-16(2)19(15)32-14-17(3)26-18(29)13-25-20(27-21(30)33-23(4,5)6)28-22(31)34-24(7,8)9;2*1-9-5-4-6-10(2)13(9)20-8-11(3)18-12(19)7-17-14(15)16;1-9-5-4-6-10(2)13(9)17-8-11(3)15-12(16)7-14;1-5(12-6(14)17-7(2,3)4)13-18(15,16)8(9,10)11;2*1-2(3)4;/h10-12,17H,13-14H2,1-9H3,(H,26,29)(H2,25,27,28,30,31);2*4-6,11H,7-8H2,1-3H3,(H,18,19)(H4,15,16,17);4-6,11H,7-8,14H2,1-3H3,(H,15,16);1-4H3,(H,12,13,14);2*1H3,(H,3,4);1H. The Labute approximate surface area is 695 Å². The molecule has 4 aromatic rings. The van der Waals surface area contributed by atoms with Crippen LogP contribution in [0, 0.1) is 55.4 Å². The van der Waals surface area contributed by atoms with Crippen molar-refractivity contribution in [3.05, 3.63) is 117 Å². The first kappa shape index (κ1) is 113. The van der Waals surface area contributed by atoms with Crippen molar-refractivity contribution < 1.29 is 108 Å². The number of nitrogens with one attached hydrogen (secondary N) is 7. The highest BCUT2D eigenvalue weighted by Crippen LogP contribution is 2.27. The highest BCUT2D eigenvalue weighted by Gasteiger charge is 2.46. The van der Waals surface area contributed by atoms with Crippen LogP contribution in [-0.2, 0) is 53.0 Å². The Balaban J connectivity index is -0.000000686. The lowest BCUT2D eigenvalue weighted by Crippen LogP contribution is -2.47. The van der Waals surface area contributed by atoms with Crippen LogP contribution >= 0.6 is 12.4 Å². The van der Waals surface area contributed by atoms with E-state index in [1.165, 1.54) is 20.8 Å². The molecule has 7 amide bonds. The normalized spacial score (nSPS) is 11.7. The molecule has 36 nitrogen and oxygen atoms in total. The number of ether oxygens (including phenoxy) is 7. The van der Waals surface area contributed by atoms with E-state index in [2.05, 4.69) is 51.3 Å². The monoisotopic (exact) mass is 1720 g/mol. The van der Waals surface area contributed by atoms with Crippen molar-refractivity contribution in [2.75, 3.05) is 52.6 Å². The van der Waals surface area contributed by atoms with Gasteiger partial charge in [0.1, 0.15) is 91.7 Å².